The van der Waals surface area contributed by atoms with E-state index in [-0.39, 0.29) is 18.0 Å². The third-order valence-electron chi connectivity index (χ3n) is 3.57. The SMILES string of the molecule is Cc1cccc2c(=O)[nH]c(CS[C@H]3C[C@H](N)C3)nc12.Cl. The Morgan fingerprint density at radius 2 is 2.20 bits per heavy atom. The van der Waals surface area contributed by atoms with Gasteiger partial charge in [-0.25, -0.2) is 4.98 Å². The molecule has 0 unspecified atom stereocenters. The second-order valence-corrected chi connectivity index (χ2v) is 6.44. The second-order valence-electron chi connectivity index (χ2n) is 5.15. The minimum Gasteiger partial charge on any atom is -0.328 e. The third-order valence-corrected chi connectivity index (χ3v) is 4.87. The van der Waals surface area contributed by atoms with Gasteiger partial charge in [0, 0.05) is 11.3 Å². The molecule has 0 bridgehead atoms. The zero-order valence-corrected chi connectivity index (χ0v) is 12.9. The lowest BCUT2D eigenvalue weighted by Crippen LogP contribution is -2.38. The number of para-hydroxylation sites is 1. The van der Waals surface area contributed by atoms with Crippen LogP contribution in [0.5, 0.6) is 0 Å². The van der Waals surface area contributed by atoms with E-state index in [1.807, 2.05) is 36.9 Å². The summed E-state index contributed by atoms with van der Waals surface area (Å²) in [7, 11) is 0. The number of halogens is 1. The average Bonchev–Trinajstić information content (AvgIpc) is 2.35. The number of nitrogens with one attached hydrogen (secondary N) is 1. The molecule has 0 spiro atoms. The summed E-state index contributed by atoms with van der Waals surface area (Å²) >= 11 is 1.83. The lowest BCUT2D eigenvalue weighted by molar-refractivity contribution is 0.432. The minimum atomic E-state index is -0.0467. The van der Waals surface area contributed by atoms with Gasteiger partial charge in [-0.15, -0.1) is 12.4 Å². The lowest BCUT2D eigenvalue weighted by atomic mass is 9.94. The fourth-order valence-electron chi connectivity index (χ4n) is 2.36. The number of H-pyrrole nitrogens is 1. The molecule has 1 fully saturated rings. The van der Waals surface area contributed by atoms with Crippen molar-refractivity contribution in [1.29, 1.82) is 0 Å². The normalized spacial score (nSPS) is 21.3. The van der Waals surface area contributed by atoms with E-state index in [1.165, 1.54) is 0 Å². The fraction of sp³-hybridized carbons (Fsp3) is 0.429. The van der Waals surface area contributed by atoms with Gasteiger partial charge in [0.25, 0.3) is 5.56 Å². The predicted octanol–water partition coefficient (Wildman–Crippen LogP) is 2.38. The van der Waals surface area contributed by atoms with Crippen molar-refractivity contribution in [1.82, 2.24) is 9.97 Å². The first-order chi connectivity index (χ1) is 9.13. The molecule has 1 aromatic heterocycles. The molecule has 1 aliphatic rings. The highest BCUT2D eigenvalue weighted by Gasteiger charge is 2.26. The molecule has 3 N–H and O–H groups in total. The smallest absolute Gasteiger partial charge is 0.258 e. The van der Waals surface area contributed by atoms with Gasteiger partial charge in [-0.2, -0.15) is 11.8 Å². The first-order valence-electron chi connectivity index (χ1n) is 6.49. The number of nitrogens with two attached hydrogens (primary N) is 1. The Bertz CT molecular complexity index is 667. The van der Waals surface area contributed by atoms with Crippen LogP contribution in [0.25, 0.3) is 10.9 Å². The molecule has 3 rings (SSSR count). The molecule has 0 saturated heterocycles. The van der Waals surface area contributed by atoms with E-state index in [4.69, 9.17) is 5.73 Å². The standard InChI is InChI=1S/C14H17N3OS.ClH/c1-8-3-2-4-11-13(8)16-12(17-14(11)18)7-19-10-5-9(15)6-10;/h2-4,9-10H,5-7,15H2,1H3,(H,16,17,18);1H/t9-,10-;. The van der Waals surface area contributed by atoms with Crippen molar-refractivity contribution in [2.24, 2.45) is 5.73 Å². The van der Waals surface area contributed by atoms with E-state index in [9.17, 15) is 4.79 Å². The van der Waals surface area contributed by atoms with Crippen molar-refractivity contribution < 1.29 is 0 Å². The first-order valence-corrected chi connectivity index (χ1v) is 7.54. The summed E-state index contributed by atoms with van der Waals surface area (Å²) in [5.41, 5.74) is 7.58. The Balaban J connectivity index is 0.00000147. The number of aromatic amines is 1. The summed E-state index contributed by atoms with van der Waals surface area (Å²) in [6.45, 7) is 1.98. The van der Waals surface area contributed by atoms with Crippen LogP contribution in [0.1, 0.15) is 24.2 Å². The highest BCUT2D eigenvalue weighted by molar-refractivity contribution is 7.99. The molecular formula is C14H18ClN3OS. The van der Waals surface area contributed by atoms with E-state index in [0.717, 1.165) is 35.5 Å². The number of benzene rings is 1. The molecular weight excluding hydrogens is 294 g/mol. The summed E-state index contributed by atoms with van der Waals surface area (Å²) in [4.78, 5) is 19.5. The van der Waals surface area contributed by atoms with Crippen molar-refractivity contribution in [2.75, 3.05) is 0 Å². The van der Waals surface area contributed by atoms with Crippen molar-refractivity contribution in [3.8, 4) is 0 Å². The van der Waals surface area contributed by atoms with Gasteiger partial charge in [0.15, 0.2) is 0 Å². The molecule has 2 aromatic rings. The molecule has 6 heteroatoms. The maximum Gasteiger partial charge on any atom is 0.258 e. The number of hydrogen-bond acceptors (Lipinski definition) is 4. The molecule has 1 heterocycles. The van der Waals surface area contributed by atoms with Crippen LogP contribution in [-0.4, -0.2) is 21.3 Å². The number of nitrogens with zero attached hydrogens (tertiary/aromatic N) is 1. The number of aromatic nitrogens is 2. The Morgan fingerprint density at radius 3 is 2.90 bits per heavy atom. The molecule has 0 amide bonds. The third kappa shape index (κ3) is 3.00. The molecule has 1 aliphatic carbocycles. The van der Waals surface area contributed by atoms with Gasteiger partial charge >= 0.3 is 0 Å². The van der Waals surface area contributed by atoms with E-state index in [0.29, 0.717) is 16.7 Å². The van der Waals surface area contributed by atoms with E-state index in [1.54, 1.807) is 0 Å². The molecule has 20 heavy (non-hydrogen) atoms. The van der Waals surface area contributed by atoms with Gasteiger partial charge in [-0.05, 0) is 31.4 Å². The maximum atomic E-state index is 12.0. The average molecular weight is 312 g/mol. The van der Waals surface area contributed by atoms with E-state index >= 15 is 0 Å². The van der Waals surface area contributed by atoms with E-state index in [2.05, 4.69) is 9.97 Å². The Hall–Kier alpha value is -1.04. The zero-order chi connectivity index (χ0) is 13.4. The van der Waals surface area contributed by atoms with Gasteiger partial charge in [0.05, 0.1) is 16.7 Å². The summed E-state index contributed by atoms with van der Waals surface area (Å²) < 4.78 is 0. The largest absolute Gasteiger partial charge is 0.328 e. The quantitative estimate of drug-likeness (QED) is 0.913. The van der Waals surface area contributed by atoms with Gasteiger partial charge < -0.3 is 10.7 Å². The highest BCUT2D eigenvalue weighted by Crippen LogP contribution is 2.32. The number of aryl methyl sites for hydroxylation is 1. The molecule has 0 aliphatic heterocycles. The summed E-state index contributed by atoms with van der Waals surface area (Å²) in [5.74, 6) is 1.51. The topological polar surface area (TPSA) is 71.8 Å². The van der Waals surface area contributed by atoms with Crippen LogP contribution in [0.4, 0.5) is 0 Å². The first kappa shape index (κ1) is 15.4. The monoisotopic (exact) mass is 311 g/mol. The predicted molar refractivity (Wildman–Crippen MR) is 86.6 cm³/mol. The molecule has 0 atom stereocenters. The number of fused-ring (bicyclic) bond motifs is 1. The molecule has 4 nitrogen and oxygen atoms in total. The summed E-state index contributed by atoms with van der Waals surface area (Å²) in [6, 6.07) is 6.05. The van der Waals surface area contributed by atoms with Gasteiger partial charge in [-0.1, -0.05) is 12.1 Å². The van der Waals surface area contributed by atoms with Crippen molar-refractivity contribution in [2.45, 2.75) is 36.8 Å². The van der Waals surface area contributed by atoms with Crippen molar-refractivity contribution in [3.63, 3.8) is 0 Å². The van der Waals surface area contributed by atoms with Crippen LogP contribution in [0.3, 0.4) is 0 Å². The Labute approximate surface area is 128 Å². The van der Waals surface area contributed by atoms with Crippen LogP contribution < -0.4 is 11.3 Å². The summed E-state index contributed by atoms with van der Waals surface area (Å²) in [6.07, 6.45) is 2.14. The number of thioether (sulfide) groups is 1. The van der Waals surface area contributed by atoms with Crippen LogP contribution in [0.15, 0.2) is 23.0 Å². The summed E-state index contributed by atoms with van der Waals surface area (Å²) in [5, 5.41) is 1.28. The van der Waals surface area contributed by atoms with Crippen LogP contribution >= 0.6 is 24.2 Å². The lowest BCUT2D eigenvalue weighted by Gasteiger charge is -2.31. The van der Waals surface area contributed by atoms with E-state index < -0.39 is 0 Å². The van der Waals surface area contributed by atoms with Gasteiger partial charge in [0.2, 0.25) is 0 Å². The molecule has 0 radical (unpaired) electrons. The van der Waals surface area contributed by atoms with Crippen LogP contribution in [-0.2, 0) is 5.75 Å². The van der Waals surface area contributed by atoms with Crippen molar-refractivity contribution in [3.05, 3.63) is 39.9 Å². The molecule has 1 saturated carbocycles. The Morgan fingerprint density at radius 1 is 1.45 bits per heavy atom. The molecule has 1 aromatic carbocycles. The zero-order valence-electron chi connectivity index (χ0n) is 11.3. The Kier molecular flexibility index (Phi) is 4.73. The minimum absolute atomic E-state index is 0. The molecule has 108 valence electrons. The van der Waals surface area contributed by atoms with Gasteiger partial charge in [-0.3, -0.25) is 4.79 Å². The second kappa shape index (κ2) is 6.16. The number of hydrogen-bond donors (Lipinski definition) is 2. The van der Waals surface area contributed by atoms with Crippen LogP contribution in [0, 0.1) is 6.92 Å². The number of rotatable bonds is 3. The van der Waals surface area contributed by atoms with Gasteiger partial charge in [0.1, 0.15) is 5.82 Å². The highest BCUT2D eigenvalue weighted by atomic mass is 35.5. The van der Waals surface area contributed by atoms with Crippen LogP contribution in [0.2, 0.25) is 0 Å². The fourth-order valence-corrected chi connectivity index (χ4v) is 3.66. The van der Waals surface area contributed by atoms with Crippen molar-refractivity contribution >= 4 is 35.1 Å². The maximum absolute atomic E-state index is 12.0.